The zero-order chi connectivity index (χ0) is 24.6. The Labute approximate surface area is 200 Å². The molecule has 0 unspecified atom stereocenters. The van der Waals surface area contributed by atoms with E-state index in [1.807, 2.05) is 35.9 Å². The predicted molar refractivity (Wildman–Crippen MR) is 133 cm³/mol. The van der Waals surface area contributed by atoms with E-state index in [1.54, 1.807) is 32.0 Å². The van der Waals surface area contributed by atoms with Crippen LogP contribution in [0, 0.1) is 13.8 Å². The van der Waals surface area contributed by atoms with E-state index in [0.29, 0.717) is 22.5 Å². The Bertz CT molecular complexity index is 1560. The van der Waals surface area contributed by atoms with Crippen molar-refractivity contribution in [3.05, 3.63) is 69.7 Å². The number of thiophene rings is 1. The minimum Gasteiger partial charge on any atom is -0.378 e. The highest BCUT2D eigenvalue weighted by Crippen LogP contribution is 2.21. The van der Waals surface area contributed by atoms with Crippen LogP contribution >= 0.6 is 11.3 Å². The Hall–Kier alpha value is -3.77. The Kier molecular flexibility index (Phi) is 6.11. The smallest absolute Gasteiger partial charge is 0.333 e. The third-order valence-electron chi connectivity index (χ3n) is 4.98. The number of carbonyl (C=O) groups is 1. The van der Waals surface area contributed by atoms with Crippen LogP contribution in [0.5, 0.6) is 0 Å². The van der Waals surface area contributed by atoms with Crippen molar-refractivity contribution in [2.45, 2.75) is 18.1 Å². The number of urea groups is 1. The normalized spacial score (nSPS) is 11.4. The van der Waals surface area contributed by atoms with Crippen molar-refractivity contribution in [2.24, 2.45) is 0 Å². The van der Waals surface area contributed by atoms with Gasteiger partial charge in [0.15, 0.2) is 0 Å². The Morgan fingerprint density at radius 1 is 1.09 bits per heavy atom. The fourth-order valence-electron chi connectivity index (χ4n) is 3.31. The number of carbonyl (C=O) groups excluding carboxylic acids is 1. The van der Waals surface area contributed by atoms with Gasteiger partial charge in [-0.15, -0.1) is 11.3 Å². The molecular weight excluding hydrogens is 476 g/mol. The van der Waals surface area contributed by atoms with Gasteiger partial charge in [-0.1, -0.05) is 0 Å². The molecule has 0 atom stereocenters. The first-order valence-corrected chi connectivity index (χ1v) is 12.4. The summed E-state index contributed by atoms with van der Waals surface area (Å²) in [6.45, 7) is 3.48. The Morgan fingerprint density at radius 3 is 2.47 bits per heavy atom. The van der Waals surface area contributed by atoms with Crippen LogP contribution in [0.4, 0.5) is 16.2 Å². The summed E-state index contributed by atoms with van der Waals surface area (Å²) in [5.74, 6) is 0.776. The average molecular weight is 499 g/mol. The van der Waals surface area contributed by atoms with Gasteiger partial charge in [0.2, 0.25) is 0 Å². The largest absolute Gasteiger partial charge is 0.378 e. The van der Waals surface area contributed by atoms with E-state index in [2.05, 4.69) is 15.3 Å². The highest BCUT2D eigenvalue weighted by atomic mass is 32.2. The number of anilines is 2. The number of hydrogen-bond acceptors (Lipinski definition) is 8. The quantitative estimate of drug-likeness (QED) is 0.433. The summed E-state index contributed by atoms with van der Waals surface area (Å²) in [4.78, 5) is 36.9. The van der Waals surface area contributed by atoms with Crippen LogP contribution in [0.25, 0.3) is 16.7 Å². The van der Waals surface area contributed by atoms with Crippen molar-refractivity contribution in [3.63, 3.8) is 0 Å². The molecular formula is C22H22N6O4S2. The van der Waals surface area contributed by atoms with Gasteiger partial charge in [0.25, 0.3) is 15.6 Å². The number of benzene rings is 1. The third-order valence-corrected chi connectivity index (χ3v) is 7.80. The van der Waals surface area contributed by atoms with E-state index in [9.17, 15) is 18.0 Å². The molecule has 34 heavy (non-hydrogen) atoms. The van der Waals surface area contributed by atoms with Gasteiger partial charge in [-0.25, -0.2) is 32.5 Å². The molecule has 0 aliphatic rings. The molecule has 2 N–H and O–H groups in total. The molecule has 0 spiro atoms. The summed E-state index contributed by atoms with van der Waals surface area (Å²) in [6.07, 6.45) is 1.34. The molecule has 0 aliphatic carbocycles. The highest BCUT2D eigenvalue weighted by Gasteiger charge is 2.19. The second kappa shape index (κ2) is 8.88. The van der Waals surface area contributed by atoms with Crippen molar-refractivity contribution in [1.29, 1.82) is 0 Å². The molecule has 4 aromatic rings. The van der Waals surface area contributed by atoms with Crippen LogP contribution in [0.1, 0.15) is 10.7 Å². The molecule has 0 bridgehead atoms. The lowest BCUT2D eigenvalue weighted by molar-refractivity contribution is 0.256. The van der Waals surface area contributed by atoms with Crippen molar-refractivity contribution >= 4 is 49.7 Å². The average Bonchev–Trinajstić information content (AvgIpc) is 3.21. The minimum atomic E-state index is -3.97. The van der Waals surface area contributed by atoms with Gasteiger partial charge in [0.05, 0.1) is 22.8 Å². The molecule has 0 saturated carbocycles. The lowest BCUT2D eigenvalue weighted by Gasteiger charge is -2.14. The van der Waals surface area contributed by atoms with Gasteiger partial charge in [0, 0.05) is 24.7 Å². The number of aryl methyl sites for hydroxylation is 2. The van der Waals surface area contributed by atoms with Gasteiger partial charge in [0.1, 0.15) is 15.9 Å². The second-order valence-corrected chi connectivity index (χ2v) is 10.9. The summed E-state index contributed by atoms with van der Waals surface area (Å²) in [6, 6.07) is 10.7. The Balaban J connectivity index is 1.56. The molecule has 0 saturated heterocycles. The Morgan fingerprint density at radius 2 is 1.85 bits per heavy atom. The van der Waals surface area contributed by atoms with Crippen LogP contribution < -0.4 is 20.5 Å². The number of nitrogens with zero attached hydrogens (tertiary/aromatic N) is 4. The van der Waals surface area contributed by atoms with E-state index in [0.717, 1.165) is 21.9 Å². The third kappa shape index (κ3) is 4.63. The van der Waals surface area contributed by atoms with Crippen molar-refractivity contribution in [2.75, 3.05) is 24.3 Å². The number of aromatic nitrogens is 3. The maximum Gasteiger partial charge on any atom is 0.333 e. The molecule has 0 radical (unpaired) electrons. The fraction of sp³-hybridized carbons (Fsp3) is 0.182. The van der Waals surface area contributed by atoms with E-state index in [-0.39, 0.29) is 15.5 Å². The summed E-state index contributed by atoms with van der Waals surface area (Å²) >= 11 is 1.06. The van der Waals surface area contributed by atoms with Crippen LogP contribution in [0.2, 0.25) is 0 Å². The number of sulfonamides is 1. The zero-order valence-electron chi connectivity index (χ0n) is 18.9. The number of rotatable bonds is 5. The monoisotopic (exact) mass is 498 g/mol. The topological polar surface area (TPSA) is 126 Å². The van der Waals surface area contributed by atoms with E-state index >= 15 is 0 Å². The van der Waals surface area contributed by atoms with E-state index in [1.165, 1.54) is 22.9 Å². The van der Waals surface area contributed by atoms with Crippen LogP contribution in [0.3, 0.4) is 0 Å². The molecule has 1 aromatic carbocycles. The zero-order valence-corrected chi connectivity index (χ0v) is 20.5. The first kappa shape index (κ1) is 23.4. The standard InChI is InChI=1S/C22H22N6O4S2/c1-13-5-10-20(33-13)34(31,32)26-22(30)25-15-6-9-19(23-12-15)28-14(2)24-18-11-16(27(3)4)7-8-17(18)21(28)29/h5-12H,1-4H3,(H2,25,26,30). The number of pyridine rings is 1. The molecule has 176 valence electrons. The summed E-state index contributed by atoms with van der Waals surface area (Å²) in [5, 5.41) is 2.89. The van der Waals surface area contributed by atoms with Gasteiger partial charge < -0.3 is 10.2 Å². The summed E-state index contributed by atoms with van der Waals surface area (Å²) < 4.78 is 28.0. The molecule has 0 fully saturated rings. The van der Waals surface area contributed by atoms with E-state index in [4.69, 9.17) is 0 Å². The second-order valence-electron chi connectivity index (χ2n) is 7.73. The van der Waals surface area contributed by atoms with Crippen molar-refractivity contribution < 1.29 is 13.2 Å². The highest BCUT2D eigenvalue weighted by molar-refractivity contribution is 7.92. The van der Waals surface area contributed by atoms with Crippen LogP contribution in [-0.2, 0) is 10.0 Å². The maximum absolute atomic E-state index is 13.1. The first-order valence-electron chi connectivity index (χ1n) is 10.1. The van der Waals surface area contributed by atoms with Crippen LogP contribution in [0.15, 0.2) is 57.7 Å². The predicted octanol–water partition coefficient (Wildman–Crippen LogP) is 3.04. The van der Waals surface area contributed by atoms with Crippen molar-refractivity contribution in [1.82, 2.24) is 19.3 Å². The first-order chi connectivity index (χ1) is 16.0. The molecule has 12 heteroatoms. The van der Waals surface area contributed by atoms with Gasteiger partial charge in [-0.2, -0.15) is 0 Å². The van der Waals surface area contributed by atoms with Crippen LogP contribution in [-0.4, -0.2) is 43.1 Å². The number of fused-ring (bicyclic) bond motifs is 1. The molecule has 0 aliphatic heterocycles. The summed E-state index contributed by atoms with van der Waals surface area (Å²) in [7, 11) is -0.151. The minimum absolute atomic E-state index is 0.0463. The summed E-state index contributed by atoms with van der Waals surface area (Å²) in [5.41, 5.74) is 1.51. The van der Waals surface area contributed by atoms with E-state index < -0.39 is 16.1 Å². The van der Waals surface area contributed by atoms with Gasteiger partial charge in [-0.3, -0.25) is 4.79 Å². The van der Waals surface area contributed by atoms with Gasteiger partial charge in [-0.05, 0) is 56.3 Å². The lowest BCUT2D eigenvalue weighted by Crippen LogP contribution is -2.34. The maximum atomic E-state index is 13.1. The molecule has 2 amide bonds. The molecule has 10 nitrogen and oxygen atoms in total. The lowest BCUT2D eigenvalue weighted by atomic mass is 10.2. The molecule has 3 heterocycles. The number of hydrogen-bond donors (Lipinski definition) is 2. The SMILES string of the molecule is Cc1ccc(S(=O)(=O)NC(=O)Nc2ccc(-n3c(C)nc4cc(N(C)C)ccc4c3=O)nc2)s1. The fourth-order valence-corrected chi connectivity index (χ4v) is 5.50. The van der Waals surface area contributed by atoms with Gasteiger partial charge >= 0.3 is 6.03 Å². The number of nitrogens with one attached hydrogen (secondary N) is 2. The molecule has 4 rings (SSSR count). The number of amides is 2. The molecule has 3 aromatic heterocycles. The van der Waals surface area contributed by atoms with Crippen molar-refractivity contribution in [3.8, 4) is 5.82 Å².